The van der Waals surface area contributed by atoms with E-state index in [1.54, 1.807) is 25.4 Å². The maximum atomic E-state index is 12.1. The minimum absolute atomic E-state index is 0.0953. The average Bonchev–Trinajstić information content (AvgIpc) is 2.57. The van der Waals surface area contributed by atoms with E-state index in [-0.39, 0.29) is 5.91 Å². The van der Waals surface area contributed by atoms with E-state index < -0.39 is 0 Å². The number of ether oxygens (including phenoxy) is 1. The molecule has 2 aromatic rings. The first-order valence-electron chi connectivity index (χ1n) is 7.71. The zero-order valence-corrected chi connectivity index (χ0v) is 13.6. The summed E-state index contributed by atoms with van der Waals surface area (Å²) in [6.45, 7) is 3.98. The molecule has 0 saturated heterocycles. The third-order valence-corrected chi connectivity index (χ3v) is 3.39. The predicted molar refractivity (Wildman–Crippen MR) is 91.6 cm³/mol. The second-order valence-corrected chi connectivity index (χ2v) is 5.37. The lowest BCUT2D eigenvalue weighted by Crippen LogP contribution is -2.25. The van der Waals surface area contributed by atoms with Crippen molar-refractivity contribution in [3.63, 3.8) is 0 Å². The van der Waals surface area contributed by atoms with Gasteiger partial charge in [-0.2, -0.15) is 0 Å². The second-order valence-electron chi connectivity index (χ2n) is 5.37. The highest BCUT2D eigenvalue weighted by molar-refractivity contribution is 5.94. The van der Waals surface area contributed by atoms with Crippen LogP contribution in [0.5, 0.6) is 0 Å². The highest BCUT2D eigenvalue weighted by Crippen LogP contribution is 2.10. The van der Waals surface area contributed by atoms with Crippen molar-refractivity contribution in [3.05, 3.63) is 59.3 Å². The lowest BCUT2D eigenvalue weighted by molar-refractivity contribution is 0.0948. The summed E-state index contributed by atoms with van der Waals surface area (Å²) in [5, 5.41) is 6.12. The van der Waals surface area contributed by atoms with Crippen molar-refractivity contribution in [3.8, 4) is 0 Å². The van der Waals surface area contributed by atoms with Crippen molar-refractivity contribution in [2.24, 2.45) is 0 Å². The van der Waals surface area contributed by atoms with Gasteiger partial charge in [-0.25, -0.2) is 4.98 Å². The van der Waals surface area contributed by atoms with Gasteiger partial charge in [0, 0.05) is 38.6 Å². The molecule has 0 atom stereocenters. The molecular formula is C18H23N3O2. The van der Waals surface area contributed by atoms with Gasteiger partial charge < -0.3 is 15.4 Å². The van der Waals surface area contributed by atoms with Crippen LogP contribution >= 0.6 is 0 Å². The summed E-state index contributed by atoms with van der Waals surface area (Å²) in [4.78, 5) is 16.3. The Morgan fingerprint density at radius 3 is 2.91 bits per heavy atom. The number of anilines is 1. The molecule has 0 radical (unpaired) electrons. The van der Waals surface area contributed by atoms with Gasteiger partial charge in [0.15, 0.2) is 0 Å². The van der Waals surface area contributed by atoms with Gasteiger partial charge in [-0.1, -0.05) is 29.8 Å². The molecule has 2 N–H and O–H groups in total. The van der Waals surface area contributed by atoms with Gasteiger partial charge in [0.25, 0.3) is 5.91 Å². The monoisotopic (exact) mass is 313 g/mol. The fourth-order valence-electron chi connectivity index (χ4n) is 2.20. The Hall–Kier alpha value is -2.40. The fourth-order valence-corrected chi connectivity index (χ4v) is 2.20. The van der Waals surface area contributed by atoms with Crippen LogP contribution in [0.25, 0.3) is 0 Å². The number of methoxy groups -OCH3 is 1. The first-order chi connectivity index (χ1) is 11.2. The first-order valence-corrected chi connectivity index (χ1v) is 7.71. The molecule has 1 aromatic heterocycles. The van der Waals surface area contributed by atoms with E-state index in [1.165, 1.54) is 11.1 Å². The Morgan fingerprint density at radius 2 is 2.13 bits per heavy atom. The SMILES string of the molecule is COCCCNC(=O)c1ccnc(NCc2cccc(C)c2)c1. The van der Waals surface area contributed by atoms with Gasteiger partial charge in [0.1, 0.15) is 5.82 Å². The van der Waals surface area contributed by atoms with E-state index in [0.717, 1.165) is 6.42 Å². The molecule has 0 saturated carbocycles. The quantitative estimate of drug-likeness (QED) is 0.736. The molecule has 0 bridgehead atoms. The summed E-state index contributed by atoms with van der Waals surface area (Å²) in [6, 6.07) is 11.8. The average molecular weight is 313 g/mol. The number of amides is 1. The molecule has 0 aliphatic rings. The minimum atomic E-state index is -0.0953. The lowest BCUT2D eigenvalue weighted by atomic mass is 10.1. The van der Waals surface area contributed by atoms with Crippen molar-refractivity contribution in [1.29, 1.82) is 0 Å². The minimum Gasteiger partial charge on any atom is -0.385 e. The number of rotatable bonds is 8. The van der Waals surface area contributed by atoms with E-state index >= 15 is 0 Å². The molecule has 0 aliphatic carbocycles. The number of nitrogens with one attached hydrogen (secondary N) is 2. The molecule has 23 heavy (non-hydrogen) atoms. The molecule has 5 nitrogen and oxygen atoms in total. The van der Waals surface area contributed by atoms with Crippen LogP contribution in [0, 0.1) is 6.92 Å². The van der Waals surface area contributed by atoms with Crippen LogP contribution in [0.15, 0.2) is 42.6 Å². The van der Waals surface area contributed by atoms with Crippen molar-refractivity contribution >= 4 is 11.7 Å². The van der Waals surface area contributed by atoms with Crippen LogP contribution in [0.4, 0.5) is 5.82 Å². The second kappa shape index (κ2) is 8.90. The number of hydrogen-bond acceptors (Lipinski definition) is 4. The largest absolute Gasteiger partial charge is 0.385 e. The lowest BCUT2D eigenvalue weighted by Gasteiger charge is -2.09. The summed E-state index contributed by atoms with van der Waals surface area (Å²) in [7, 11) is 1.65. The maximum absolute atomic E-state index is 12.1. The number of pyridine rings is 1. The molecule has 1 heterocycles. The summed E-state index contributed by atoms with van der Waals surface area (Å²) in [5.41, 5.74) is 3.01. The van der Waals surface area contributed by atoms with Gasteiger partial charge in [0.2, 0.25) is 0 Å². The van der Waals surface area contributed by atoms with E-state index in [9.17, 15) is 4.79 Å². The molecule has 0 spiro atoms. The maximum Gasteiger partial charge on any atom is 0.251 e. The van der Waals surface area contributed by atoms with E-state index in [1.807, 2.05) is 6.07 Å². The Morgan fingerprint density at radius 1 is 1.26 bits per heavy atom. The highest BCUT2D eigenvalue weighted by atomic mass is 16.5. The molecule has 1 amide bonds. The molecule has 1 aromatic carbocycles. The summed E-state index contributed by atoms with van der Waals surface area (Å²) in [5.74, 6) is 0.596. The Kier molecular flexibility index (Phi) is 6.56. The van der Waals surface area contributed by atoms with Crippen molar-refractivity contribution < 1.29 is 9.53 Å². The van der Waals surface area contributed by atoms with Gasteiger partial charge in [-0.05, 0) is 31.0 Å². The van der Waals surface area contributed by atoms with Crippen molar-refractivity contribution in [1.82, 2.24) is 10.3 Å². The predicted octanol–water partition coefficient (Wildman–Crippen LogP) is 2.77. The highest BCUT2D eigenvalue weighted by Gasteiger charge is 2.06. The van der Waals surface area contributed by atoms with Crippen LogP contribution in [0.3, 0.4) is 0 Å². The summed E-state index contributed by atoms with van der Waals surface area (Å²) in [6.07, 6.45) is 2.44. The van der Waals surface area contributed by atoms with Crippen LogP contribution in [0.2, 0.25) is 0 Å². The number of aromatic nitrogens is 1. The standard InChI is InChI=1S/C18H23N3O2/c1-14-5-3-6-15(11-14)13-21-17-12-16(7-9-19-17)18(22)20-8-4-10-23-2/h3,5-7,9,11-12H,4,8,10,13H2,1-2H3,(H,19,21)(H,20,22). The van der Waals surface area contributed by atoms with E-state index in [0.29, 0.717) is 31.1 Å². The zero-order valence-electron chi connectivity index (χ0n) is 13.6. The molecule has 5 heteroatoms. The molecule has 122 valence electrons. The summed E-state index contributed by atoms with van der Waals surface area (Å²) < 4.78 is 4.96. The molecule has 2 rings (SSSR count). The molecule has 0 fully saturated rings. The Labute approximate surface area is 137 Å². The van der Waals surface area contributed by atoms with Crippen molar-refractivity contribution in [2.45, 2.75) is 19.9 Å². The number of aryl methyl sites for hydroxylation is 1. The van der Waals surface area contributed by atoms with Gasteiger partial charge in [-0.3, -0.25) is 4.79 Å². The van der Waals surface area contributed by atoms with Crippen LogP contribution in [-0.2, 0) is 11.3 Å². The smallest absolute Gasteiger partial charge is 0.251 e. The molecular weight excluding hydrogens is 290 g/mol. The third-order valence-electron chi connectivity index (χ3n) is 3.39. The first kappa shape index (κ1) is 17.0. The van der Waals surface area contributed by atoms with E-state index in [4.69, 9.17) is 4.74 Å². The van der Waals surface area contributed by atoms with Crippen LogP contribution < -0.4 is 10.6 Å². The number of hydrogen-bond donors (Lipinski definition) is 2. The fraction of sp³-hybridized carbons (Fsp3) is 0.333. The number of carbonyl (C=O) groups is 1. The molecule has 0 unspecified atom stereocenters. The normalized spacial score (nSPS) is 10.3. The summed E-state index contributed by atoms with van der Waals surface area (Å²) >= 11 is 0. The topological polar surface area (TPSA) is 63.2 Å². The number of carbonyl (C=O) groups excluding carboxylic acids is 1. The molecule has 0 aliphatic heterocycles. The number of benzene rings is 1. The van der Waals surface area contributed by atoms with Gasteiger partial charge >= 0.3 is 0 Å². The third kappa shape index (κ3) is 5.71. The zero-order chi connectivity index (χ0) is 16.5. The van der Waals surface area contributed by atoms with Crippen LogP contribution in [-0.4, -0.2) is 31.2 Å². The van der Waals surface area contributed by atoms with Crippen molar-refractivity contribution in [2.75, 3.05) is 25.6 Å². The van der Waals surface area contributed by atoms with Gasteiger partial charge in [0.05, 0.1) is 0 Å². The number of nitrogens with zero attached hydrogens (tertiary/aromatic N) is 1. The Bertz CT molecular complexity index is 644. The Balaban J connectivity index is 1.90. The van der Waals surface area contributed by atoms with E-state index in [2.05, 4.69) is 40.7 Å². The van der Waals surface area contributed by atoms with Crippen LogP contribution in [0.1, 0.15) is 27.9 Å². The van der Waals surface area contributed by atoms with Gasteiger partial charge in [-0.15, -0.1) is 0 Å².